The van der Waals surface area contributed by atoms with E-state index in [0.717, 1.165) is 88.2 Å². The number of nitrogens with zero attached hydrogens (tertiary/aromatic N) is 9. The number of piperidine rings is 1. The summed E-state index contributed by atoms with van der Waals surface area (Å²) in [5.74, 6) is 0.778. The van der Waals surface area contributed by atoms with Crippen LogP contribution in [0.1, 0.15) is 94.6 Å². The molecule has 0 spiro atoms. The van der Waals surface area contributed by atoms with E-state index in [4.69, 9.17) is 29.7 Å². The molecule has 377 valence electrons. The number of para-hydroxylation sites is 1. The van der Waals surface area contributed by atoms with Gasteiger partial charge in [-0.2, -0.15) is 5.26 Å². The van der Waals surface area contributed by atoms with Crippen LogP contribution in [0.5, 0.6) is 17.5 Å². The average Bonchev–Trinajstić information content (AvgIpc) is 4.12. The van der Waals surface area contributed by atoms with Gasteiger partial charge in [-0.25, -0.2) is 4.98 Å². The Bertz CT molecular complexity index is 2720. The average molecular weight is 979 g/mol. The second kappa shape index (κ2) is 21.4. The molecule has 18 nitrogen and oxygen atoms in total. The van der Waals surface area contributed by atoms with Crippen molar-refractivity contribution in [1.82, 2.24) is 35.5 Å². The topological polar surface area (TPSA) is 222 Å². The van der Waals surface area contributed by atoms with Gasteiger partial charge < -0.3 is 49.6 Å². The Labute approximate surface area is 420 Å². The Hall–Kier alpha value is -6.97. The van der Waals surface area contributed by atoms with Gasteiger partial charge in [0.15, 0.2) is 11.6 Å². The number of benzene rings is 2. The smallest absolute Gasteiger partial charge is 0.254 e. The molecule has 4 aliphatic heterocycles. The summed E-state index contributed by atoms with van der Waals surface area (Å²) in [6, 6.07) is 23.8. The Balaban J connectivity index is 0.638. The lowest BCUT2D eigenvalue weighted by molar-refractivity contribution is -0.141. The normalized spacial score (nSPS) is 23.1. The molecule has 4 saturated heterocycles. The fraction of sp³-hybridized carbons (Fsp3) is 0.481. The number of hydrogen-bond donors (Lipinski definition) is 3. The number of carbonyl (C=O) groups excluding carboxylic acids is 2. The Morgan fingerprint density at radius 3 is 2.43 bits per heavy atom. The van der Waals surface area contributed by atoms with E-state index < -0.39 is 12.0 Å². The molecule has 4 N–H and O–H groups in total. The highest BCUT2D eigenvalue weighted by molar-refractivity contribution is 5.91. The van der Waals surface area contributed by atoms with E-state index in [9.17, 15) is 14.7 Å². The second-order valence-electron chi connectivity index (χ2n) is 20.2. The van der Waals surface area contributed by atoms with Gasteiger partial charge in [-0.05, 0) is 98.5 Å². The lowest BCUT2D eigenvalue weighted by Gasteiger charge is -2.43. The number of nitrogen functional groups attached to an aromatic ring is 1. The van der Waals surface area contributed by atoms with E-state index in [2.05, 4.69) is 58.6 Å². The predicted octanol–water partition coefficient (Wildman–Crippen LogP) is 6.44. The van der Waals surface area contributed by atoms with Crippen LogP contribution in [0.25, 0.3) is 11.3 Å². The molecule has 1 radical (unpaired) electrons. The SMILES string of the molecule is CC(C)[C@H](C(=O)N1C[CH]C[C@H]1C(=O)N[C@@H](C)c1ccc(C#N)cc1)c1cc(OCCN2CCC(O[C@H]3C[C@H](Oc4cc(N5[C@H]6CC[C@H]5CN(c5cc(-c7ccccc7O)nnc5N)C6)ccn4)C3)CC2)no1. The van der Waals surface area contributed by atoms with Crippen LogP contribution in [-0.2, 0) is 14.3 Å². The Kier molecular flexibility index (Phi) is 14.5. The van der Waals surface area contributed by atoms with Gasteiger partial charge in [0.2, 0.25) is 17.7 Å². The van der Waals surface area contributed by atoms with Crippen molar-refractivity contribution in [2.24, 2.45) is 5.92 Å². The fourth-order valence-electron chi connectivity index (χ4n) is 11.1. The molecule has 5 aromatic rings. The monoisotopic (exact) mass is 978 g/mol. The number of nitriles is 1. The van der Waals surface area contributed by atoms with Crippen LogP contribution in [0.3, 0.4) is 0 Å². The molecule has 18 heteroatoms. The van der Waals surface area contributed by atoms with Crippen molar-refractivity contribution in [3.8, 4) is 34.8 Å². The summed E-state index contributed by atoms with van der Waals surface area (Å²) in [5, 5.41) is 35.3. The summed E-state index contributed by atoms with van der Waals surface area (Å²) in [7, 11) is 0. The summed E-state index contributed by atoms with van der Waals surface area (Å²) >= 11 is 0. The van der Waals surface area contributed by atoms with Gasteiger partial charge in [0.1, 0.15) is 30.4 Å². The number of nitrogens with one attached hydrogen (secondary N) is 1. The number of carbonyl (C=O) groups is 2. The number of ether oxygens (including phenoxy) is 3. The first-order valence-electron chi connectivity index (χ1n) is 25.4. The molecule has 1 saturated carbocycles. The van der Waals surface area contributed by atoms with E-state index in [0.29, 0.717) is 71.8 Å². The third-order valence-electron chi connectivity index (χ3n) is 15.1. The number of pyridine rings is 1. The molecule has 0 unspecified atom stereocenters. The number of piperazine rings is 1. The molecule has 5 atom stereocenters. The van der Waals surface area contributed by atoms with Crippen LogP contribution in [-0.4, -0.2) is 129 Å². The van der Waals surface area contributed by atoms with Crippen LogP contribution >= 0.6 is 0 Å². The predicted molar refractivity (Wildman–Crippen MR) is 269 cm³/mol. The number of phenols is 1. The van der Waals surface area contributed by atoms with Gasteiger partial charge in [0.05, 0.1) is 41.3 Å². The molecular formula is C54H64N11O7. The number of hydrogen-bond acceptors (Lipinski definition) is 16. The quantitative estimate of drug-likeness (QED) is 0.0913. The zero-order chi connectivity index (χ0) is 49.9. The van der Waals surface area contributed by atoms with Crippen LogP contribution in [0.4, 0.5) is 17.2 Å². The summed E-state index contributed by atoms with van der Waals surface area (Å²) in [4.78, 5) is 40.9. The highest BCUT2D eigenvalue weighted by Gasteiger charge is 2.43. The number of fused-ring (bicyclic) bond motifs is 2. The number of anilines is 3. The molecule has 2 aromatic carbocycles. The Morgan fingerprint density at radius 1 is 0.931 bits per heavy atom. The number of amides is 2. The number of aromatic nitrogens is 4. The summed E-state index contributed by atoms with van der Waals surface area (Å²) in [6.07, 6.45) is 10.4. The van der Waals surface area contributed by atoms with Crippen molar-refractivity contribution in [1.29, 1.82) is 5.26 Å². The van der Waals surface area contributed by atoms with E-state index in [1.54, 1.807) is 35.2 Å². The lowest BCUT2D eigenvalue weighted by atomic mass is 9.91. The van der Waals surface area contributed by atoms with Gasteiger partial charge in [-0.3, -0.25) is 14.5 Å². The van der Waals surface area contributed by atoms with Crippen LogP contribution in [0.2, 0.25) is 0 Å². The third kappa shape index (κ3) is 10.6. The first-order chi connectivity index (χ1) is 35.0. The minimum absolute atomic E-state index is 0.0629. The maximum atomic E-state index is 14.1. The highest BCUT2D eigenvalue weighted by Crippen LogP contribution is 2.41. The van der Waals surface area contributed by atoms with Crippen molar-refractivity contribution in [3.63, 3.8) is 0 Å². The molecule has 72 heavy (non-hydrogen) atoms. The maximum absolute atomic E-state index is 14.1. The molecule has 5 fully saturated rings. The minimum atomic E-state index is -0.636. The molecule has 7 heterocycles. The van der Waals surface area contributed by atoms with Gasteiger partial charge in [0, 0.05) is 93.8 Å². The van der Waals surface area contributed by atoms with Gasteiger partial charge >= 0.3 is 0 Å². The highest BCUT2D eigenvalue weighted by atomic mass is 16.5. The van der Waals surface area contributed by atoms with Gasteiger partial charge in [-0.1, -0.05) is 38.1 Å². The lowest BCUT2D eigenvalue weighted by Crippen LogP contribution is -2.54. The number of rotatable bonds is 17. The largest absolute Gasteiger partial charge is 0.507 e. The second-order valence-corrected chi connectivity index (χ2v) is 20.2. The molecule has 2 amide bonds. The molecule has 1 aliphatic carbocycles. The molecule has 5 aliphatic rings. The van der Waals surface area contributed by atoms with E-state index in [1.165, 1.54) is 0 Å². The van der Waals surface area contributed by atoms with Crippen molar-refractivity contribution >= 4 is 29.0 Å². The van der Waals surface area contributed by atoms with Crippen LogP contribution in [0, 0.1) is 23.7 Å². The Morgan fingerprint density at radius 2 is 1.69 bits per heavy atom. The summed E-state index contributed by atoms with van der Waals surface area (Å²) < 4.78 is 24.7. The number of nitrogens with two attached hydrogens (primary N) is 1. The minimum Gasteiger partial charge on any atom is -0.507 e. The van der Waals surface area contributed by atoms with E-state index >= 15 is 0 Å². The maximum Gasteiger partial charge on any atom is 0.254 e. The van der Waals surface area contributed by atoms with Crippen molar-refractivity contribution in [3.05, 3.63) is 102 Å². The first kappa shape index (κ1) is 48.6. The van der Waals surface area contributed by atoms with Crippen LogP contribution in [0.15, 0.2) is 83.5 Å². The zero-order valence-electron chi connectivity index (χ0n) is 41.2. The molecule has 2 bridgehead atoms. The molecule has 10 rings (SSSR count). The third-order valence-corrected chi connectivity index (χ3v) is 15.1. The van der Waals surface area contributed by atoms with Crippen molar-refractivity contribution in [2.75, 3.05) is 61.4 Å². The summed E-state index contributed by atoms with van der Waals surface area (Å²) in [6.45, 7) is 10.7. The molecule has 3 aromatic heterocycles. The summed E-state index contributed by atoms with van der Waals surface area (Å²) in [5.41, 5.74) is 11.0. The standard InChI is InChI=1S/C54H64N11O7/c1-33(2)51(54(68)64-20-6-8-45(64)53(67)58-34(3)36-12-10-35(30-55)11-13-36)48-29-50(61-72-48)69-24-23-62-21-17-40(18-22-62)70-41-26-42(27-41)71-49-25-37(16-19-57-49)65-38-14-15-39(65)32-63(31-38)46-28-44(59-60-52(46)56)43-7-4-5-9-47(43)66/h4-7,9-13,16,19,25,28-29,33-34,38-42,45,51,66H,8,14-15,17-18,20-24,26-27,31-32H2,1-3H3,(H2,56,60)(H,58,67)/t34-,38-,39-,41-,42-,45-,51-/m0/s1. The fourth-order valence-corrected chi connectivity index (χ4v) is 11.1. The van der Waals surface area contributed by atoms with Crippen LogP contribution < -0.4 is 30.3 Å². The van der Waals surface area contributed by atoms with Crippen molar-refractivity contribution < 1.29 is 33.4 Å². The number of phenolic OH excluding ortho intramolecular Hbond substituents is 1. The molecular weight excluding hydrogens is 915 g/mol. The van der Waals surface area contributed by atoms with Crippen molar-refractivity contribution in [2.45, 2.75) is 114 Å². The van der Waals surface area contributed by atoms with E-state index in [1.807, 2.05) is 63.7 Å². The zero-order valence-corrected chi connectivity index (χ0v) is 41.2. The number of likely N-dealkylation sites (tertiary alicyclic amines) is 2. The van der Waals surface area contributed by atoms with Gasteiger partial charge in [0.25, 0.3) is 5.88 Å². The first-order valence-corrected chi connectivity index (χ1v) is 25.4. The van der Waals surface area contributed by atoms with Gasteiger partial charge in [-0.15, -0.1) is 10.2 Å². The number of aromatic hydroxyl groups is 1. The van der Waals surface area contributed by atoms with E-state index in [-0.39, 0.29) is 47.8 Å².